The number of hydrogen-bond donors (Lipinski definition) is 2. The van der Waals surface area contributed by atoms with Crippen molar-refractivity contribution in [2.45, 2.75) is 31.9 Å². The molecule has 2 atom stereocenters. The standard InChI is InChI=1S/C12H27N3O/c1-11(9-15-6-4-5-7-15)13-8-12(16)10-14(2)3/h11-13,16H,4-10H2,1-3H3. The predicted octanol–water partition coefficient (Wildman–Crippen LogP) is -0.0172. The van der Waals surface area contributed by atoms with Gasteiger partial charge in [0, 0.05) is 25.7 Å². The molecular weight excluding hydrogens is 202 g/mol. The molecule has 0 spiro atoms. The third-order valence-corrected chi connectivity index (χ3v) is 3.01. The Hall–Kier alpha value is -0.160. The van der Waals surface area contributed by atoms with E-state index in [-0.39, 0.29) is 6.10 Å². The van der Waals surface area contributed by atoms with Crippen LogP contribution in [0.2, 0.25) is 0 Å². The van der Waals surface area contributed by atoms with E-state index in [1.165, 1.54) is 25.9 Å². The van der Waals surface area contributed by atoms with Crippen molar-refractivity contribution in [3.05, 3.63) is 0 Å². The summed E-state index contributed by atoms with van der Waals surface area (Å²) in [4.78, 5) is 4.51. The van der Waals surface area contributed by atoms with Crippen molar-refractivity contribution in [2.75, 3.05) is 46.8 Å². The van der Waals surface area contributed by atoms with Crippen LogP contribution < -0.4 is 5.32 Å². The summed E-state index contributed by atoms with van der Waals surface area (Å²) in [6.07, 6.45) is 2.42. The van der Waals surface area contributed by atoms with Crippen molar-refractivity contribution >= 4 is 0 Å². The summed E-state index contributed by atoms with van der Waals surface area (Å²) < 4.78 is 0. The first-order valence-corrected chi connectivity index (χ1v) is 6.36. The van der Waals surface area contributed by atoms with Gasteiger partial charge in [-0.1, -0.05) is 0 Å². The first-order chi connectivity index (χ1) is 7.58. The molecule has 16 heavy (non-hydrogen) atoms. The van der Waals surface area contributed by atoms with E-state index in [4.69, 9.17) is 0 Å². The van der Waals surface area contributed by atoms with E-state index in [0.29, 0.717) is 12.6 Å². The SMILES string of the molecule is CC(CN1CCCC1)NCC(O)CN(C)C. The minimum absolute atomic E-state index is 0.268. The maximum Gasteiger partial charge on any atom is 0.0791 e. The van der Waals surface area contributed by atoms with Crippen molar-refractivity contribution in [2.24, 2.45) is 0 Å². The Morgan fingerprint density at radius 1 is 1.31 bits per heavy atom. The Balaban J connectivity index is 2.06. The van der Waals surface area contributed by atoms with E-state index < -0.39 is 0 Å². The lowest BCUT2D eigenvalue weighted by Gasteiger charge is -2.23. The van der Waals surface area contributed by atoms with Gasteiger partial charge in [0.05, 0.1) is 6.10 Å². The number of likely N-dealkylation sites (tertiary alicyclic amines) is 1. The first-order valence-electron chi connectivity index (χ1n) is 6.36. The normalized spacial score (nSPS) is 21.6. The van der Waals surface area contributed by atoms with Crippen LogP contribution in [0.3, 0.4) is 0 Å². The molecule has 1 aliphatic rings. The summed E-state index contributed by atoms with van der Waals surface area (Å²) in [6, 6.07) is 0.468. The van der Waals surface area contributed by atoms with Crippen LogP contribution in [0, 0.1) is 0 Å². The van der Waals surface area contributed by atoms with Gasteiger partial charge < -0.3 is 20.2 Å². The lowest BCUT2D eigenvalue weighted by molar-refractivity contribution is 0.129. The molecule has 0 aromatic carbocycles. The van der Waals surface area contributed by atoms with Gasteiger partial charge in [-0.05, 0) is 47.0 Å². The second kappa shape index (κ2) is 7.22. The summed E-state index contributed by atoms with van der Waals surface area (Å²) in [5.74, 6) is 0. The molecule has 0 amide bonds. The lowest BCUT2D eigenvalue weighted by atomic mass is 10.2. The molecule has 4 nitrogen and oxygen atoms in total. The number of likely N-dealkylation sites (N-methyl/N-ethyl adjacent to an activating group) is 1. The van der Waals surface area contributed by atoms with E-state index in [1.807, 2.05) is 19.0 Å². The Kier molecular flexibility index (Phi) is 6.28. The quantitative estimate of drug-likeness (QED) is 0.644. The maximum atomic E-state index is 9.71. The topological polar surface area (TPSA) is 38.7 Å². The second-order valence-corrected chi connectivity index (χ2v) is 5.23. The molecule has 1 fully saturated rings. The molecule has 1 saturated heterocycles. The fraction of sp³-hybridized carbons (Fsp3) is 1.00. The summed E-state index contributed by atoms with van der Waals surface area (Å²) in [5, 5.41) is 13.1. The molecule has 1 aliphatic heterocycles. The Bertz CT molecular complexity index is 181. The molecule has 2 unspecified atom stereocenters. The molecule has 4 heteroatoms. The minimum Gasteiger partial charge on any atom is -0.390 e. The average molecular weight is 229 g/mol. The number of rotatable bonds is 7. The monoisotopic (exact) mass is 229 g/mol. The molecule has 96 valence electrons. The van der Waals surface area contributed by atoms with Crippen LogP contribution in [0.4, 0.5) is 0 Å². The highest BCUT2D eigenvalue weighted by Gasteiger charge is 2.15. The predicted molar refractivity (Wildman–Crippen MR) is 67.7 cm³/mol. The average Bonchev–Trinajstić information content (AvgIpc) is 2.66. The van der Waals surface area contributed by atoms with Crippen LogP contribution in [0.15, 0.2) is 0 Å². The summed E-state index contributed by atoms with van der Waals surface area (Å²) in [7, 11) is 3.97. The summed E-state index contributed by atoms with van der Waals surface area (Å²) in [6.45, 7) is 7.20. The van der Waals surface area contributed by atoms with Crippen LogP contribution >= 0.6 is 0 Å². The van der Waals surface area contributed by atoms with Gasteiger partial charge >= 0.3 is 0 Å². The number of nitrogens with one attached hydrogen (secondary N) is 1. The molecule has 2 N–H and O–H groups in total. The smallest absolute Gasteiger partial charge is 0.0791 e. The number of nitrogens with zero attached hydrogens (tertiary/aromatic N) is 2. The van der Waals surface area contributed by atoms with Gasteiger partial charge in [0.15, 0.2) is 0 Å². The zero-order chi connectivity index (χ0) is 12.0. The van der Waals surface area contributed by atoms with E-state index in [9.17, 15) is 5.11 Å². The van der Waals surface area contributed by atoms with Crippen molar-refractivity contribution in [3.63, 3.8) is 0 Å². The van der Waals surface area contributed by atoms with Gasteiger partial charge in [0.25, 0.3) is 0 Å². The molecule has 0 aliphatic carbocycles. The van der Waals surface area contributed by atoms with Crippen molar-refractivity contribution in [1.82, 2.24) is 15.1 Å². The Morgan fingerprint density at radius 2 is 1.94 bits per heavy atom. The molecule has 1 heterocycles. The van der Waals surface area contributed by atoms with Gasteiger partial charge in [-0.2, -0.15) is 0 Å². The second-order valence-electron chi connectivity index (χ2n) is 5.23. The molecular formula is C12H27N3O. The zero-order valence-electron chi connectivity index (χ0n) is 10.9. The lowest BCUT2D eigenvalue weighted by Crippen LogP contribution is -2.43. The molecule has 0 aromatic heterocycles. The van der Waals surface area contributed by atoms with Crippen molar-refractivity contribution in [3.8, 4) is 0 Å². The van der Waals surface area contributed by atoms with E-state index >= 15 is 0 Å². The maximum absolute atomic E-state index is 9.71. The van der Waals surface area contributed by atoms with Crippen LogP contribution in [-0.2, 0) is 0 Å². The highest BCUT2D eigenvalue weighted by atomic mass is 16.3. The van der Waals surface area contributed by atoms with E-state index in [1.54, 1.807) is 0 Å². The van der Waals surface area contributed by atoms with Crippen molar-refractivity contribution < 1.29 is 5.11 Å². The highest BCUT2D eigenvalue weighted by molar-refractivity contribution is 4.73. The third kappa shape index (κ3) is 5.80. The Morgan fingerprint density at radius 3 is 2.50 bits per heavy atom. The molecule has 1 rings (SSSR count). The van der Waals surface area contributed by atoms with Crippen LogP contribution in [0.25, 0.3) is 0 Å². The van der Waals surface area contributed by atoms with Gasteiger partial charge in [-0.15, -0.1) is 0 Å². The van der Waals surface area contributed by atoms with Crippen LogP contribution in [0.5, 0.6) is 0 Å². The van der Waals surface area contributed by atoms with E-state index in [2.05, 4.69) is 17.1 Å². The van der Waals surface area contributed by atoms with Gasteiger partial charge in [-0.25, -0.2) is 0 Å². The van der Waals surface area contributed by atoms with Gasteiger partial charge in [0.2, 0.25) is 0 Å². The van der Waals surface area contributed by atoms with E-state index in [0.717, 1.165) is 13.1 Å². The molecule has 0 aromatic rings. The van der Waals surface area contributed by atoms with Gasteiger partial charge in [0.1, 0.15) is 0 Å². The largest absolute Gasteiger partial charge is 0.390 e. The number of aliphatic hydroxyl groups excluding tert-OH is 1. The minimum atomic E-state index is -0.268. The van der Waals surface area contributed by atoms with Gasteiger partial charge in [-0.3, -0.25) is 0 Å². The fourth-order valence-corrected chi connectivity index (χ4v) is 2.24. The van der Waals surface area contributed by atoms with Crippen LogP contribution in [0.1, 0.15) is 19.8 Å². The highest BCUT2D eigenvalue weighted by Crippen LogP contribution is 2.07. The molecule has 0 radical (unpaired) electrons. The Labute approximate surface area is 99.6 Å². The van der Waals surface area contributed by atoms with Crippen molar-refractivity contribution in [1.29, 1.82) is 0 Å². The number of aliphatic hydroxyl groups is 1. The molecule has 0 saturated carbocycles. The first kappa shape index (κ1) is 13.9. The number of hydrogen-bond acceptors (Lipinski definition) is 4. The molecule has 0 bridgehead atoms. The fourth-order valence-electron chi connectivity index (χ4n) is 2.24. The third-order valence-electron chi connectivity index (χ3n) is 3.01. The van der Waals surface area contributed by atoms with Crippen LogP contribution in [-0.4, -0.2) is 73.9 Å². The zero-order valence-corrected chi connectivity index (χ0v) is 10.9. The summed E-state index contributed by atoms with van der Waals surface area (Å²) >= 11 is 0. The summed E-state index contributed by atoms with van der Waals surface area (Å²) in [5.41, 5.74) is 0.